The van der Waals surface area contributed by atoms with E-state index in [1.165, 1.54) is 13.3 Å². The van der Waals surface area contributed by atoms with Crippen molar-refractivity contribution in [2.75, 3.05) is 20.3 Å². The normalized spacial score (nSPS) is 10.6. The number of carbonyl (C=O) groups is 2. The van der Waals surface area contributed by atoms with Crippen molar-refractivity contribution in [3.63, 3.8) is 0 Å². The number of hydrogen-bond acceptors (Lipinski definition) is 6. The summed E-state index contributed by atoms with van der Waals surface area (Å²) in [4.78, 5) is 22.9. The molecular weight excluding hydrogens is 491 g/mol. The molecule has 0 aromatic heterocycles. The van der Waals surface area contributed by atoms with Gasteiger partial charge in [0.15, 0.2) is 18.1 Å². The maximum atomic E-state index is 12.2. The minimum atomic E-state index is -1.08. The van der Waals surface area contributed by atoms with Crippen LogP contribution in [0.4, 0.5) is 0 Å². The van der Waals surface area contributed by atoms with Crippen LogP contribution >= 0.6 is 22.6 Å². The van der Waals surface area contributed by atoms with E-state index in [1.54, 1.807) is 36.4 Å². The summed E-state index contributed by atoms with van der Waals surface area (Å²) >= 11 is 2.01. The van der Waals surface area contributed by atoms with Crippen LogP contribution in [-0.2, 0) is 4.79 Å². The molecule has 0 radical (unpaired) electrons. The highest BCUT2D eigenvalue weighted by molar-refractivity contribution is 14.1. The first-order valence-electron chi connectivity index (χ1n) is 8.73. The van der Waals surface area contributed by atoms with Gasteiger partial charge in [-0.05, 0) is 71.0 Å². The minimum Gasteiger partial charge on any atom is -0.494 e. The molecule has 1 amide bonds. The van der Waals surface area contributed by atoms with Crippen LogP contribution < -0.4 is 19.6 Å². The van der Waals surface area contributed by atoms with Crippen LogP contribution in [-0.4, -0.2) is 43.5 Å². The molecule has 8 nitrogen and oxygen atoms in total. The van der Waals surface area contributed by atoms with E-state index in [1.807, 2.05) is 29.5 Å². The van der Waals surface area contributed by atoms with Gasteiger partial charge in [0.05, 0.1) is 23.5 Å². The summed E-state index contributed by atoms with van der Waals surface area (Å²) in [6, 6.07) is 10.2. The Hall–Kier alpha value is -2.82. The molecule has 2 aromatic carbocycles. The molecule has 9 heteroatoms. The Labute approximate surface area is 182 Å². The fourth-order valence-electron chi connectivity index (χ4n) is 2.24. The van der Waals surface area contributed by atoms with E-state index >= 15 is 0 Å². The molecule has 0 spiro atoms. The van der Waals surface area contributed by atoms with Gasteiger partial charge in [-0.15, -0.1) is 0 Å². The van der Waals surface area contributed by atoms with Gasteiger partial charge in [0.25, 0.3) is 5.91 Å². The van der Waals surface area contributed by atoms with E-state index in [2.05, 4.69) is 10.5 Å². The van der Waals surface area contributed by atoms with E-state index in [0.29, 0.717) is 38.6 Å². The topological polar surface area (TPSA) is 106 Å². The lowest BCUT2D eigenvalue weighted by atomic mass is 10.2. The van der Waals surface area contributed by atoms with E-state index in [0.717, 1.165) is 6.42 Å². The third-order valence-corrected chi connectivity index (χ3v) is 4.36. The highest BCUT2D eigenvalue weighted by Crippen LogP contribution is 2.33. The Morgan fingerprint density at radius 2 is 1.93 bits per heavy atom. The minimum absolute atomic E-state index is 0.335. The number of carbonyl (C=O) groups excluding carboxylic acids is 1. The van der Waals surface area contributed by atoms with Gasteiger partial charge >= 0.3 is 5.97 Å². The number of aliphatic carboxylic acids is 1. The number of hydrogen-bond donors (Lipinski definition) is 2. The van der Waals surface area contributed by atoms with Crippen molar-refractivity contribution in [1.82, 2.24) is 5.43 Å². The SMILES string of the molecule is CCCOc1ccc(C(=O)N/N=C/c2cc(I)c(OCC(=O)O)c(OC)c2)cc1. The second kappa shape index (κ2) is 11.2. The number of benzene rings is 2. The average Bonchev–Trinajstić information content (AvgIpc) is 2.71. The molecule has 0 aliphatic rings. The van der Waals surface area contributed by atoms with Gasteiger partial charge in [-0.2, -0.15) is 5.10 Å². The van der Waals surface area contributed by atoms with Crippen molar-refractivity contribution in [2.24, 2.45) is 5.10 Å². The standard InChI is InChI=1S/C20H21IN2O6/c1-3-8-28-15-6-4-14(5-7-15)20(26)23-22-11-13-9-16(21)19(17(10-13)27-2)29-12-18(24)25/h4-7,9-11H,3,8,12H2,1-2H3,(H,23,26)(H,24,25)/b22-11+. The van der Waals surface area contributed by atoms with Crippen molar-refractivity contribution in [2.45, 2.75) is 13.3 Å². The van der Waals surface area contributed by atoms with Crippen molar-refractivity contribution in [1.29, 1.82) is 0 Å². The molecule has 0 fully saturated rings. The molecular formula is C20H21IN2O6. The van der Waals surface area contributed by atoms with Gasteiger partial charge in [0.1, 0.15) is 5.75 Å². The number of ether oxygens (including phenoxy) is 3. The molecule has 0 aliphatic carbocycles. The molecule has 2 N–H and O–H groups in total. The number of carboxylic acid groups (broad SMARTS) is 1. The number of methoxy groups -OCH3 is 1. The maximum Gasteiger partial charge on any atom is 0.341 e. The number of carboxylic acids is 1. The summed E-state index contributed by atoms with van der Waals surface area (Å²) in [5.41, 5.74) is 3.56. The van der Waals surface area contributed by atoms with Crippen molar-refractivity contribution in [3.05, 3.63) is 51.1 Å². The lowest BCUT2D eigenvalue weighted by Gasteiger charge is -2.12. The molecule has 0 atom stereocenters. The summed E-state index contributed by atoms with van der Waals surface area (Å²) in [5, 5.41) is 12.7. The number of nitrogens with zero attached hydrogens (tertiary/aromatic N) is 1. The zero-order valence-corrected chi connectivity index (χ0v) is 18.1. The van der Waals surface area contributed by atoms with E-state index in [-0.39, 0.29) is 5.91 Å². The molecule has 2 rings (SSSR count). The molecule has 154 valence electrons. The predicted molar refractivity (Wildman–Crippen MR) is 116 cm³/mol. The maximum absolute atomic E-state index is 12.2. The summed E-state index contributed by atoms with van der Waals surface area (Å²) in [6.07, 6.45) is 2.37. The monoisotopic (exact) mass is 512 g/mol. The van der Waals surface area contributed by atoms with Crippen LogP contribution in [0.25, 0.3) is 0 Å². The van der Waals surface area contributed by atoms with Gasteiger partial charge in [-0.3, -0.25) is 4.79 Å². The number of hydrazone groups is 1. The smallest absolute Gasteiger partial charge is 0.341 e. The molecule has 0 heterocycles. The van der Waals surface area contributed by atoms with Crippen LogP contribution in [0.5, 0.6) is 17.2 Å². The largest absolute Gasteiger partial charge is 0.494 e. The van der Waals surface area contributed by atoms with Crippen molar-refractivity contribution < 1.29 is 28.9 Å². The van der Waals surface area contributed by atoms with Crippen molar-refractivity contribution >= 4 is 40.7 Å². The first kappa shape index (κ1) is 22.5. The van der Waals surface area contributed by atoms with Gasteiger partial charge in [-0.1, -0.05) is 6.92 Å². The number of rotatable bonds is 10. The Morgan fingerprint density at radius 3 is 2.55 bits per heavy atom. The van der Waals surface area contributed by atoms with Crippen LogP contribution in [0.3, 0.4) is 0 Å². The molecule has 0 saturated carbocycles. The Kier molecular flexibility index (Phi) is 8.71. The predicted octanol–water partition coefficient (Wildman–Crippen LogP) is 3.32. The Morgan fingerprint density at radius 1 is 1.21 bits per heavy atom. The van der Waals surface area contributed by atoms with E-state index in [4.69, 9.17) is 19.3 Å². The second-order valence-corrected chi connectivity index (χ2v) is 6.95. The molecule has 2 aromatic rings. The third-order valence-electron chi connectivity index (χ3n) is 3.56. The average molecular weight is 512 g/mol. The summed E-state index contributed by atoms with van der Waals surface area (Å²) in [5.74, 6) is -0.0260. The molecule has 29 heavy (non-hydrogen) atoms. The summed E-state index contributed by atoms with van der Waals surface area (Å²) < 4.78 is 16.6. The summed E-state index contributed by atoms with van der Waals surface area (Å²) in [6.45, 7) is 2.17. The summed E-state index contributed by atoms with van der Waals surface area (Å²) in [7, 11) is 1.45. The second-order valence-electron chi connectivity index (χ2n) is 5.79. The highest BCUT2D eigenvalue weighted by Gasteiger charge is 2.13. The van der Waals surface area contributed by atoms with Crippen molar-refractivity contribution in [3.8, 4) is 17.2 Å². The molecule has 0 saturated heterocycles. The van der Waals surface area contributed by atoms with Gasteiger partial charge in [0.2, 0.25) is 0 Å². The molecule has 0 unspecified atom stereocenters. The van der Waals surface area contributed by atoms with Crippen LogP contribution in [0.1, 0.15) is 29.3 Å². The fraction of sp³-hybridized carbons (Fsp3) is 0.250. The lowest BCUT2D eigenvalue weighted by Crippen LogP contribution is -2.17. The van der Waals surface area contributed by atoms with E-state index in [9.17, 15) is 9.59 Å². The fourth-order valence-corrected chi connectivity index (χ4v) is 3.02. The first-order chi connectivity index (χ1) is 13.9. The van der Waals surface area contributed by atoms with Crippen LogP contribution in [0.2, 0.25) is 0 Å². The van der Waals surface area contributed by atoms with Crippen LogP contribution in [0, 0.1) is 3.57 Å². The van der Waals surface area contributed by atoms with Crippen LogP contribution in [0.15, 0.2) is 41.5 Å². The molecule has 0 bridgehead atoms. The molecule has 0 aliphatic heterocycles. The zero-order valence-electron chi connectivity index (χ0n) is 16.0. The zero-order chi connectivity index (χ0) is 21.2. The number of halogens is 1. The van der Waals surface area contributed by atoms with Gasteiger partial charge in [0, 0.05) is 5.56 Å². The van der Waals surface area contributed by atoms with E-state index < -0.39 is 12.6 Å². The number of nitrogens with one attached hydrogen (secondary N) is 1. The Bertz CT molecular complexity index is 883. The van der Waals surface area contributed by atoms with Gasteiger partial charge < -0.3 is 19.3 Å². The van der Waals surface area contributed by atoms with Gasteiger partial charge in [-0.25, -0.2) is 10.2 Å². The highest BCUT2D eigenvalue weighted by atomic mass is 127. The number of amides is 1. The quantitative estimate of drug-likeness (QED) is 0.288. The lowest BCUT2D eigenvalue weighted by molar-refractivity contribution is -0.139. The third kappa shape index (κ3) is 6.93. The Balaban J connectivity index is 2.02. The first-order valence-corrected chi connectivity index (χ1v) is 9.80.